The average molecular weight is 308 g/mol. The van der Waals surface area contributed by atoms with Crippen LogP contribution in [0, 0.1) is 5.92 Å². The van der Waals surface area contributed by atoms with E-state index < -0.39 is 0 Å². The van der Waals surface area contributed by atoms with Crippen LogP contribution in [0.4, 0.5) is 0 Å². The Hall–Kier alpha value is -0.910. The molecule has 116 valence electrons. The van der Waals surface area contributed by atoms with Gasteiger partial charge in [-0.15, -0.1) is 0 Å². The van der Waals surface area contributed by atoms with Gasteiger partial charge in [0.15, 0.2) is 0 Å². The zero-order valence-corrected chi connectivity index (χ0v) is 13.6. The predicted molar refractivity (Wildman–Crippen MR) is 84.5 cm³/mol. The van der Waals surface area contributed by atoms with Crippen LogP contribution in [0.3, 0.4) is 0 Å². The zero-order valence-electron chi connectivity index (χ0n) is 12.8. The molecule has 2 saturated heterocycles. The molecule has 3 heterocycles. The summed E-state index contributed by atoms with van der Waals surface area (Å²) < 4.78 is 5.67. The minimum Gasteiger partial charge on any atom is -0.381 e. The summed E-state index contributed by atoms with van der Waals surface area (Å²) in [7, 11) is 1.80. The lowest BCUT2D eigenvalue weighted by Gasteiger charge is -2.41. The van der Waals surface area contributed by atoms with Crippen LogP contribution in [0.25, 0.3) is 0 Å². The van der Waals surface area contributed by atoms with E-state index in [0.29, 0.717) is 24.5 Å². The van der Waals surface area contributed by atoms with Crippen LogP contribution in [-0.4, -0.2) is 61.1 Å². The average Bonchev–Trinajstić information content (AvgIpc) is 3.14. The lowest BCUT2D eigenvalue weighted by Crippen LogP contribution is -2.54. The maximum Gasteiger partial charge on any atom is 0.227 e. The van der Waals surface area contributed by atoms with E-state index in [1.165, 1.54) is 0 Å². The summed E-state index contributed by atoms with van der Waals surface area (Å²) >= 11 is 1.66. The van der Waals surface area contributed by atoms with Gasteiger partial charge in [0.25, 0.3) is 0 Å². The molecule has 2 aliphatic heterocycles. The number of hydrogen-bond donors (Lipinski definition) is 0. The number of ether oxygens (including phenoxy) is 1. The van der Waals surface area contributed by atoms with E-state index in [0.717, 1.165) is 38.2 Å². The van der Waals surface area contributed by atoms with E-state index in [1.807, 2.05) is 5.38 Å². The number of nitrogens with zero attached hydrogens (tertiary/aromatic N) is 2. The van der Waals surface area contributed by atoms with Crippen molar-refractivity contribution in [1.29, 1.82) is 0 Å². The Morgan fingerprint density at radius 1 is 1.48 bits per heavy atom. The number of thiophene rings is 1. The van der Waals surface area contributed by atoms with Crippen molar-refractivity contribution in [3.05, 3.63) is 22.4 Å². The molecule has 5 heteroatoms. The minimum absolute atomic E-state index is 0.274. The van der Waals surface area contributed by atoms with Crippen molar-refractivity contribution in [1.82, 2.24) is 9.80 Å². The molecule has 2 fully saturated rings. The topological polar surface area (TPSA) is 32.8 Å². The Bertz CT molecular complexity index is 477. The van der Waals surface area contributed by atoms with Crippen molar-refractivity contribution in [3.63, 3.8) is 0 Å². The lowest BCUT2D eigenvalue weighted by molar-refractivity contribution is -0.138. The number of methoxy groups -OCH3 is 1. The maximum atomic E-state index is 12.7. The Labute approximate surface area is 130 Å². The molecule has 3 atom stereocenters. The highest BCUT2D eigenvalue weighted by molar-refractivity contribution is 7.07. The first-order valence-electron chi connectivity index (χ1n) is 7.78. The van der Waals surface area contributed by atoms with Crippen LogP contribution in [0.5, 0.6) is 0 Å². The molecule has 0 radical (unpaired) electrons. The number of amides is 1. The highest BCUT2D eigenvalue weighted by Gasteiger charge is 2.45. The third-order valence-corrected chi connectivity index (χ3v) is 5.68. The minimum atomic E-state index is 0.274. The fourth-order valence-electron chi connectivity index (χ4n) is 3.77. The Balaban J connectivity index is 1.72. The third kappa shape index (κ3) is 3.00. The first-order chi connectivity index (χ1) is 10.2. The van der Waals surface area contributed by atoms with Crippen LogP contribution < -0.4 is 0 Å². The van der Waals surface area contributed by atoms with Crippen molar-refractivity contribution in [2.75, 3.05) is 33.3 Å². The molecule has 21 heavy (non-hydrogen) atoms. The highest BCUT2D eigenvalue weighted by Crippen LogP contribution is 2.32. The quantitative estimate of drug-likeness (QED) is 0.851. The van der Waals surface area contributed by atoms with E-state index in [9.17, 15) is 4.79 Å². The SMILES string of the molecule is CCN1C[C@H]2[C@@H](OC)CCN(C(=O)Cc3ccsc3)[C@H]2C1. The molecule has 1 amide bonds. The van der Waals surface area contributed by atoms with Crippen molar-refractivity contribution in [2.24, 2.45) is 5.92 Å². The number of carbonyl (C=O) groups excluding carboxylic acids is 1. The van der Waals surface area contributed by atoms with Gasteiger partial charge >= 0.3 is 0 Å². The molecule has 0 aromatic carbocycles. The summed E-state index contributed by atoms with van der Waals surface area (Å²) in [5.41, 5.74) is 1.14. The molecule has 4 nitrogen and oxygen atoms in total. The fourth-order valence-corrected chi connectivity index (χ4v) is 4.43. The van der Waals surface area contributed by atoms with Gasteiger partial charge < -0.3 is 14.5 Å². The van der Waals surface area contributed by atoms with Crippen LogP contribution in [0.2, 0.25) is 0 Å². The van der Waals surface area contributed by atoms with Crippen molar-refractivity contribution < 1.29 is 9.53 Å². The molecule has 1 aromatic heterocycles. The van der Waals surface area contributed by atoms with Gasteiger partial charge in [-0.1, -0.05) is 6.92 Å². The second-order valence-electron chi connectivity index (χ2n) is 6.04. The summed E-state index contributed by atoms with van der Waals surface area (Å²) in [6, 6.07) is 2.38. The number of likely N-dealkylation sites (tertiary alicyclic amines) is 2. The molecule has 0 bridgehead atoms. The summed E-state index contributed by atoms with van der Waals surface area (Å²) in [5.74, 6) is 0.742. The molecule has 1 aromatic rings. The Morgan fingerprint density at radius 3 is 3.00 bits per heavy atom. The number of hydrogen-bond acceptors (Lipinski definition) is 4. The molecular formula is C16H24N2O2S. The summed E-state index contributed by atoms with van der Waals surface area (Å²) in [5, 5.41) is 4.11. The molecular weight excluding hydrogens is 284 g/mol. The summed E-state index contributed by atoms with van der Waals surface area (Å²) in [6.07, 6.45) is 1.80. The van der Waals surface area contributed by atoms with Gasteiger partial charge in [0.1, 0.15) is 0 Å². The lowest BCUT2D eigenvalue weighted by atomic mass is 9.88. The second kappa shape index (κ2) is 6.46. The molecule has 0 N–H and O–H groups in total. The molecule has 0 unspecified atom stereocenters. The van der Waals surface area contributed by atoms with Gasteiger partial charge in [-0.3, -0.25) is 4.79 Å². The smallest absolute Gasteiger partial charge is 0.227 e. The normalized spacial score (nSPS) is 29.6. The zero-order chi connectivity index (χ0) is 14.8. The van der Waals surface area contributed by atoms with Crippen molar-refractivity contribution in [2.45, 2.75) is 31.9 Å². The molecule has 0 aliphatic carbocycles. The van der Waals surface area contributed by atoms with E-state index in [4.69, 9.17) is 4.74 Å². The van der Waals surface area contributed by atoms with Gasteiger partial charge in [-0.25, -0.2) is 0 Å². The molecule has 2 aliphatic rings. The third-order valence-electron chi connectivity index (χ3n) is 4.95. The Morgan fingerprint density at radius 2 is 2.33 bits per heavy atom. The number of piperidine rings is 1. The summed E-state index contributed by atoms with van der Waals surface area (Å²) in [4.78, 5) is 17.2. The van der Waals surface area contributed by atoms with Crippen molar-refractivity contribution >= 4 is 17.2 Å². The van der Waals surface area contributed by atoms with E-state index >= 15 is 0 Å². The number of rotatable bonds is 4. The van der Waals surface area contributed by atoms with Gasteiger partial charge in [-0.05, 0) is 35.4 Å². The highest BCUT2D eigenvalue weighted by atomic mass is 32.1. The number of carbonyl (C=O) groups is 1. The number of likely N-dealkylation sites (N-methyl/N-ethyl adjacent to an activating group) is 1. The van der Waals surface area contributed by atoms with Gasteiger partial charge in [0.05, 0.1) is 18.6 Å². The van der Waals surface area contributed by atoms with Gasteiger partial charge in [0.2, 0.25) is 5.91 Å². The predicted octanol–water partition coefficient (Wildman–Crippen LogP) is 1.86. The maximum absolute atomic E-state index is 12.7. The number of fused-ring (bicyclic) bond motifs is 1. The van der Waals surface area contributed by atoms with Gasteiger partial charge in [-0.2, -0.15) is 11.3 Å². The fraction of sp³-hybridized carbons (Fsp3) is 0.688. The molecule has 0 spiro atoms. The van der Waals surface area contributed by atoms with Crippen LogP contribution in [0.1, 0.15) is 18.9 Å². The first-order valence-corrected chi connectivity index (χ1v) is 8.73. The van der Waals surface area contributed by atoms with Crippen molar-refractivity contribution in [3.8, 4) is 0 Å². The van der Waals surface area contributed by atoms with E-state index in [2.05, 4.69) is 28.2 Å². The first kappa shape index (κ1) is 15.0. The van der Waals surface area contributed by atoms with E-state index in [1.54, 1.807) is 18.4 Å². The van der Waals surface area contributed by atoms with Crippen LogP contribution in [0.15, 0.2) is 16.8 Å². The molecule has 3 rings (SSSR count). The molecule has 0 saturated carbocycles. The standard InChI is InChI=1S/C16H24N2O2S/c1-3-17-9-13-14(10-17)18(6-4-15(13)20-2)16(19)8-12-5-7-21-11-12/h5,7,11,13-15H,3-4,6,8-10H2,1-2H3/t13-,14+,15+/m1/s1. The van der Waals surface area contributed by atoms with E-state index in [-0.39, 0.29) is 5.91 Å². The summed E-state index contributed by atoms with van der Waals surface area (Å²) in [6.45, 7) is 6.13. The Kier molecular flexibility index (Phi) is 4.62. The van der Waals surface area contributed by atoms with Crippen LogP contribution >= 0.6 is 11.3 Å². The largest absolute Gasteiger partial charge is 0.381 e. The second-order valence-corrected chi connectivity index (χ2v) is 6.82. The van der Waals surface area contributed by atoms with Gasteiger partial charge in [0, 0.05) is 32.7 Å². The monoisotopic (exact) mass is 308 g/mol. The van der Waals surface area contributed by atoms with Crippen LogP contribution in [-0.2, 0) is 16.0 Å².